The van der Waals surface area contributed by atoms with E-state index < -0.39 is 59.3 Å². The number of carbonyl (C=O) groups excluding carboxylic acids is 5. The van der Waals surface area contributed by atoms with Crippen LogP contribution in [-0.2, 0) is 42.9 Å². The Balaban J connectivity index is 2.76. The van der Waals surface area contributed by atoms with E-state index >= 15 is 0 Å². The molecule has 4 atom stereocenters. The van der Waals surface area contributed by atoms with E-state index in [9.17, 15) is 24.0 Å². The first-order valence-electron chi connectivity index (χ1n) is 7.36. The number of ether oxygens (including phenoxy) is 4. The van der Waals surface area contributed by atoms with Gasteiger partial charge in [0, 0.05) is 0 Å². The van der Waals surface area contributed by atoms with Crippen LogP contribution in [0.25, 0.3) is 0 Å². The molecule has 0 aromatic heterocycles. The first-order valence-corrected chi connectivity index (χ1v) is 7.36. The zero-order valence-electron chi connectivity index (χ0n) is 14.5. The van der Waals surface area contributed by atoms with Gasteiger partial charge in [0.1, 0.15) is 5.92 Å². The monoisotopic (exact) mass is 357 g/mol. The molecular formula is C15H19NO9. The Morgan fingerprint density at radius 3 is 2.08 bits per heavy atom. The maximum atomic E-state index is 12.9. The van der Waals surface area contributed by atoms with Gasteiger partial charge in [-0.3, -0.25) is 24.1 Å². The van der Waals surface area contributed by atoms with Gasteiger partial charge in [0.15, 0.2) is 17.2 Å². The lowest BCUT2D eigenvalue weighted by atomic mass is 9.80. The van der Waals surface area contributed by atoms with Crippen molar-refractivity contribution < 1.29 is 42.9 Å². The summed E-state index contributed by atoms with van der Waals surface area (Å²) in [6, 6.07) is 0. The molecule has 2 saturated heterocycles. The number of rotatable bonds is 4. The maximum Gasteiger partial charge on any atom is 0.335 e. The van der Waals surface area contributed by atoms with Crippen LogP contribution in [0.3, 0.4) is 0 Å². The Labute approximate surface area is 143 Å². The van der Waals surface area contributed by atoms with Crippen molar-refractivity contribution >= 4 is 29.6 Å². The molecule has 2 fully saturated rings. The average molecular weight is 357 g/mol. The van der Waals surface area contributed by atoms with E-state index in [4.69, 9.17) is 14.2 Å². The second-order valence-corrected chi connectivity index (χ2v) is 5.92. The van der Waals surface area contributed by atoms with E-state index in [1.165, 1.54) is 13.8 Å². The van der Waals surface area contributed by atoms with Crippen molar-refractivity contribution in [2.45, 2.75) is 25.1 Å². The maximum absolute atomic E-state index is 12.9. The molecule has 2 rings (SSSR count). The number of esters is 3. The molecule has 10 nitrogen and oxygen atoms in total. The van der Waals surface area contributed by atoms with E-state index in [0.717, 1.165) is 26.2 Å². The largest absolute Gasteiger partial charge is 0.469 e. The van der Waals surface area contributed by atoms with E-state index in [1.807, 2.05) is 0 Å². The quantitative estimate of drug-likeness (QED) is 0.341. The van der Waals surface area contributed by atoms with Crippen LogP contribution in [0.1, 0.15) is 13.8 Å². The fourth-order valence-electron chi connectivity index (χ4n) is 3.49. The van der Waals surface area contributed by atoms with E-state index in [2.05, 4.69) is 4.74 Å². The molecule has 10 heteroatoms. The molecule has 1 amide bonds. The molecule has 0 aromatic rings. The van der Waals surface area contributed by atoms with Gasteiger partial charge in [-0.1, -0.05) is 0 Å². The van der Waals surface area contributed by atoms with Gasteiger partial charge in [-0.05, 0) is 13.8 Å². The number of fused-ring (bicyclic) bond motifs is 1. The second-order valence-electron chi connectivity index (χ2n) is 5.92. The van der Waals surface area contributed by atoms with Crippen LogP contribution in [0, 0.1) is 11.8 Å². The van der Waals surface area contributed by atoms with Gasteiger partial charge in [0.25, 0.3) is 0 Å². The number of hydrogen-bond acceptors (Lipinski definition) is 9. The first-order chi connectivity index (χ1) is 11.6. The highest BCUT2D eigenvalue weighted by atomic mass is 16.6. The van der Waals surface area contributed by atoms with Crippen LogP contribution in [0.5, 0.6) is 0 Å². The molecule has 0 saturated carbocycles. The standard InChI is InChI=1S/C15H19NO9/c1-7(17)14(2)16-10(18)8(11(19)22-3)9(12(20)23-4)15(16,6-25-14)13(21)24-5/h8-9H,6H2,1-5H3/t8-,9+,14+,15-/m1/s1. The molecule has 0 bridgehead atoms. The predicted molar refractivity (Wildman–Crippen MR) is 77.6 cm³/mol. The summed E-state index contributed by atoms with van der Waals surface area (Å²) in [5, 5.41) is 0. The number of Topliss-reactive ketones (excluding diaryl/α,β-unsaturated/α-hetero) is 1. The molecule has 2 heterocycles. The van der Waals surface area contributed by atoms with Crippen LogP contribution in [0.2, 0.25) is 0 Å². The summed E-state index contributed by atoms with van der Waals surface area (Å²) in [7, 11) is 3.15. The molecule has 138 valence electrons. The highest BCUT2D eigenvalue weighted by molar-refractivity contribution is 6.11. The SMILES string of the molecule is COC(=O)[C@H]1C(=O)N2[C@](C)(C(C)=O)OC[C@]2(C(=O)OC)[C@@H]1C(=O)OC. The topological polar surface area (TPSA) is 126 Å². The molecular weight excluding hydrogens is 338 g/mol. The van der Waals surface area contributed by atoms with Crippen molar-refractivity contribution in [3.05, 3.63) is 0 Å². The normalized spacial score (nSPS) is 33.6. The van der Waals surface area contributed by atoms with Gasteiger partial charge in [-0.25, -0.2) is 4.79 Å². The predicted octanol–water partition coefficient (Wildman–Crippen LogP) is -1.35. The molecule has 0 spiro atoms. The summed E-state index contributed by atoms with van der Waals surface area (Å²) in [6.07, 6.45) is 0. The number of nitrogens with zero attached hydrogens (tertiary/aromatic N) is 1. The van der Waals surface area contributed by atoms with Crippen LogP contribution in [0.15, 0.2) is 0 Å². The van der Waals surface area contributed by atoms with Crippen LogP contribution in [0.4, 0.5) is 0 Å². The first kappa shape index (κ1) is 18.8. The Bertz CT molecular complexity index is 659. The van der Waals surface area contributed by atoms with Crippen LogP contribution < -0.4 is 0 Å². The second kappa shape index (κ2) is 6.10. The smallest absolute Gasteiger partial charge is 0.335 e. The fourth-order valence-corrected chi connectivity index (χ4v) is 3.49. The highest BCUT2D eigenvalue weighted by Crippen LogP contribution is 2.51. The van der Waals surface area contributed by atoms with Crippen molar-refractivity contribution in [1.82, 2.24) is 4.90 Å². The lowest BCUT2D eigenvalue weighted by Gasteiger charge is -2.36. The number of amides is 1. The molecule has 0 N–H and O–H groups in total. The minimum Gasteiger partial charge on any atom is -0.469 e. The van der Waals surface area contributed by atoms with E-state index in [1.54, 1.807) is 0 Å². The zero-order valence-corrected chi connectivity index (χ0v) is 14.5. The number of ketones is 1. The molecule has 25 heavy (non-hydrogen) atoms. The van der Waals surface area contributed by atoms with Crippen molar-refractivity contribution in [3.8, 4) is 0 Å². The third-order valence-electron chi connectivity index (χ3n) is 4.84. The highest BCUT2D eigenvalue weighted by Gasteiger charge is 2.77. The van der Waals surface area contributed by atoms with E-state index in [0.29, 0.717) is 0 Å². The molecule has 0 unspecified atom stereocenters. The summed E-state index contributed by atoms with van der Waals surface area (Å²) in [5.74, 6) is -7.77. The summed E-state index contributed by atoms with van der Waals surface area (Å²) >= 11 is 0. The summed E-state index contributed by atoms with van der Waals surface area (Å²) in [4.78, 5) is 63.0. The number of hydrogen-bond donors (Lipinski definition) is 0. The van der Waals surface area contributed by atoms with Gasteiger partial charge in [-0.15, -0.1) is 0 Å². The summed E-state index contributed by atoms with van der Waals surface area (Å²) in [6.45, 7) is 1.94. The van der Waals surface area contributed by atoms with Crippen molar-refractivity contribution in [1.29, 1.82) is 0 Å². The van der Waals surface area contributed by atoms with Gasteiger partial charge in [-0.2, -0.15) is 0 Å². The Morgan fingerprint density at radius 1 is 1.08 bits per heavy atom. The molecule has 2 aliphatic rings. The molecule has 2 aliphatic heterocycles. The lowest BCUT2D eigenvalue weighted by Crippen LogP contribution is -2.61. The minimum absolute atomic E-state index is 0.505. The molecule has 0 radical (unpaired) electrons. The van der Waals surface area contributed by atoms with Gasteiger partial charge >= 0.3 is 17.9 Å². The third-order valence-corrected chi connectivity index (χ3v) is 4.84. The van der Waals surface area contributed by atoms with Crippen LogP contribution >= 0.6 is 0 Å². The van der Waals surface area contributed by atoms with Crippen molar-refractivity contribution in [2.24, 2.45) is 11.8 Å². The molecule has 0 aliphatic carbocycles. The molecule has 0 aromatic carbocycles. The van der Waals surface area contributed by atoms with Gasteiger partial charge in [0.2, 0.25) is 11.6 Å². The lowest BCUT2D eigenvalue weighted by molar-refractivity contribution is -0.169. The fraction of sp³-hybridized carbons (Fsp3) is 0.667. The van der Waals surface area contributed by atoms with Crippen molar-refractivity contribution in [2.75, 3.05) is 27.9 Å². The zero-order chi connectivity index (χ0) is 19.2. The minimum atomic E-state index is -2.00. The van der Waals surface area contributed by atoms with Gasteiger partial charge in [0.05, 0.1) is 27.9 Å². The third kappa shape index (κ3) is 2.24. The number of carbonyl (C=O) groups is 5. The van der Waals surface area contributed by atoms with Crippen molar-refractivity contribution in [3.63, 3.8) is 0 Å². The Kier molecular flexibility index (Phi) is 4.60. The van der Waals surface area contributed by atoms with E-state index in [-0.39, 0.29) is 0 Å². The Morgan fingerprint density at radius 2 is 1.64 bits per heavy atom. The summed E-state index contributed by atoms with van der Waals surface area (Å²) < 4.78 is 19.5. The van der Waals surface area contributed by atoms with Crippen LogP contribution in [-0.4, -0.2) is 73.7 Å². The Hall–Kier alpha value is -2.49. The number of methoxy groups -OCH3 is 3. The summed E-state index contributed by atoms with van der Waals surface area (Å²) in [5.41, 5.74) is -3.83. The van der Waals surface area contributed by atoms with Gasteiger partial charge < -0.3 is 18.9 Å². The average Bonchev–Trinajstić information content (AvgIpc) is 3.05.